The van der Waals surface area contributed by atoms with Crippen molar-refractivity contribution in [3.05, 3.63) is 118 Å². The molecule has 238 valence electrons. The molecule has 47 heavy (non-hydrogen) atoms. The Morgan fingerprint density at radius 3 is 2.34 bits per heavy atom. The van der Waals surface area contributed by atoms with Crippen LogP contribution in [0.2, 0.25) is 0 Å². The molecule has 2 N–H and O–H groups in total. The van der Waals surface area contributed by atoms with E-state index in [0.717, 1.165) is 44.2 Å². The third-order valence-electron chi connectivity index (χ3n) is 7.66. The molecule has 0 spiro atoms. The highest BCUT2D eigenvalue weighted by Gasteiger charge is 2.34. The van der Waals surface area contributed by atoms with E-state index < -0.39 is 6.04 Å². The van der Waals surface area contributed by atoms with Gasteiger partial charge in [0.1, 0.15) is 11.0 Å². The number of amides is 2. The van der Waals surface area contributed by atoms with Gasteiger partial charge in [-0.1, -0.05) is 60.3 Å². The summed E-state index contributed by atoms with van der Waals surface area (Å²) < 4.78 is 0. The number of thiazole rings is 1. The molecule has 6 aromatic rings. The monoisotopic (exact) mass is 661 g/mol. The van der Waals surface area contributed by atoms with E-state index in [2.05, 4.69) is 20.3 Å². The maximum atomic E-state index is 14.4. The van der Waals surface area contributed by atoms with Crippen LogP contribution in [0.15, 0.2) is 102 Å². The molecular formula is C36H35N7O2S2. The van der Waals surface area contributed by atoms with E-state index in [-0.39, 0.29) is 24.1 Å². The first-order valence-electron chi connectivity index (χ1n) is 15.1. The number of aromatic amines is 1. The molecule has 0 aliphatic heterocycles. The topological polar surface area (TPSA) is 107 Å². The van der Waals surface area contributed by atoms with Crippen molar-refractivity contribution in [2.75, 3.05) is 30.1 Å². The highest BCUT2D eigenvalue weighted by Crippen LogP contribution is 2.33. The summed E-state index contributed by atoms with van der Waals surface area (Å²) >= 11 is 2.73. The van der Waals surface area contributed by atoms with E-state index in [1.807, 2.05) is 129 Å². The van der Waals surface area contributed by atoms with Crippen LogP contribution >= 0.6 is 23.1 Å². The van der Waals surface area contributed by atoms with Gasteiger partial charge in [-0.25, -0.2) is 15.0 Å². The number of carbonyl (C=O) groups is 2. The summed E-state index contributed by atoms with van der Waals surface area (Å²) in [6, 6.07) is 26.3. The Morgan fingerprint density at radius 2 is 1.62 bits per heavy atom. The number of nitrogens with one attached hydrogen (secondary N) is 2. The van der Waals surface area contributed by atoms with E-state index in [4.69, 9.17) is 4.98 Å². The van der Waals surface area contributed by atoms with Gasteiger partial charge in [-0.15, -0.1) is 11.3 Å². The van der Waals surface area contributed by atoms with E-state index in [1.165, 1.54) is 23.1 Å². The minimum absolute atomic E-state index is 0.0451. The number of para-hydroxylation sites is 1. The Bertz CT molecular complexity index is 1990. The van der Waals surface area contributed by atoms with Crippen LogP contribution < -0.4 is 10.2 Å². The van der Waals surface area contributed by atoms with Gasteiger partial charge >= 0.3 is 0 Å². The van der Waals surface area contributed by atoms with Gasteiger partial charge in [0.25, 0.3) is 5.91 Å². The Labute approximate surface area is 282 Å². The third-order valence-corrected chi connectivity index (χ3v) is 9.33. The number of fused-ring (bicyclic) bond motifs is 1. The average Bonchev–Trinajstić information content (AvgIpc) is 3.71. The van der Waals surface area contributed by atoms with Gasteiger partial charge in [-0.2, -0.15) is 0 Å². The number of rotatable bonds is 11. The summed E-state index contributed by atoms with van der Waals surface area (Å²) in [5.74, 6) is -0.514. The molecule has 3 aromatic heterocycles. The smallest absolute Gasteiger partial charge is 0.251 e. The van der Waals surface area contributed by atoms with Crippen LogP contribution in [0.4, 0.5) is 11.4 Å². The van der Waals surface area contributed by atoms with E-state index >= 15 is 0 Å². The zero-order chi connectivity index (χ0) is 32.9. The van der Waals surface area contributed by atoms with Gasteiger partial charge in [0, 0.05) is 70.5 Å². The number of aromatic nitrogens is 4. The van der Waals surface area contributed by atoms with E-state index in [0.29, 0.717) is 16.4 Å². The number of H-pyrrole nitrogens is 1. The molecule has 6 rings (SSSR count). The molecule has 0 bridgehead atoms. The number of carbonyl (C=O) groups excluding carboxylic acids is 2. The second kappa shape index (κ2) is 14.2. The minimum atomic E-state index is -0.961. The molecule has 2 amide bonds. The van der Waals surface area contributed by atoms with Crippen LogP contribution in [0.1, 0.15) is 28.0 Å². The average molecular weight is 662 g/mol. The van der Waals surface area contributed by atoms with Crippen LogP contribution in [0.25, 0.3) is 22.2 Å². The summed E-state index contributed by atoms with van der Waals surface area (Å²) in [7, 11) is 3.93. The first-order valence-corrected chi connectivity index (χ1v) is 17.0. The van der Waals surface area contributed by atoms with E-state index in [1.54, 1.807) is 4.90 Å². The fraction of sp³-hybridized carbons (Fsp3) is 0.194. The summed E-state index contributed by atoms with van der Waals surface area (Å²) in [6.07, 6.45) is 1.82. The van der Waals surface area contributed by atoms with Crippen LogP contribution in [0.3, 0.4) is 0 Å². The standard InChI is InChI=1S/C36H35N7O2S2/c1-23-18-24(2)39-36(38-23)47-22-33(44)43(20-32-41-31(21-46-32)25-10-6-5-7-11-25)34(29-19-37-30-13-9-8-12-28(29)30)35(45)40-26-14-16-27(17-15-26)42(3)4/h5-19,21,34,37H,20,22H2,1-4H3,(H,40,45). The summed E-state index contributed by atoms with van der Waals surface area (Å²) in [4.78, 5) is 49.6. The fourth-order valence-electron chi connectivity index (χ4n) is 5.39. The molecule has 0 radical (unpaired) electrons. The molecule has 11 heteroatoms. The van der Waals surface area contributed by atoms with Gasteiger partial charge in [0.05, 0.1) is 18.0 Å². The van der Waals surface area contributed by atoms with Crippen molar-refractivity contribution in [2.45, 2.75) is 31.6 Å². The first-order chi connectivity index (χ1) is 22.7. The Morgan fingerprint density at radius 1 is 0.915 bits per heavy atom. The number of aryl methyl sites for hydroxylation is 2. The second-order valence-electron chi connectivity index (χ2n) is 11.4. The maximum Gasteiger partial charge on any atom is 0.251 e. The molecule has 0 saturated carbocycles. The first kappa shape index (κ1) is 32.0. The lowest BCUT2D eigenvalue weighted by molar-refractivity contribution is -0.137. The number of thioether (sulfide) groups is 1. The van der Waals surface area contributed by atoms with Gasteiger partial charge < -0.3 is 20.1 Å². The van der Waals surface area contributed by atoms with Gasteiger partial charge in [0.15, 0.2) is 5.16 Å². The van der Waals surface area contributed by atoms with Crippen molar-refractivity contribution in [3.63, 3.8) is 0 Å². The highest BCUT2D eigenvalue weighted by molar-refractivity contribution is 7.99. The molecule has 0 saturated heterocycles. The van der Waals surface area contributed by atoms with Crippen molar-refractivity contribution in [1.82, 2.24) is 24.8 Å². The lowest BCUT2D eigenvalue weighted by atomic mass is 10.0. The fourth-order valence-corrected chi connectivity index (χ4v) is 7.02. The Balaban J connectivity index is 1.39. The van der Waals surface area contributed by atoms with Crippen molar-refractivity contribution in [2.24, 2.45) is 0 Å². The van der Waals surface area contributed by atoms with Crippen molar-refractivity contribution >= 4 is 57.2 Å². The van der Waals surface area contributed by atoms with Crippen LogP contribution in [-0.2, 0) is 16.1 Å². The molecule has 0 aliphatic carbocycles. The van der Waals surface area contributed by atoms with Crippen molar-refractivity contribution in [3.8, 4) is 11.3 Å². The quantitative estimate of drug-likeness (QED) is 0.111. The number of hydrogen-bond acceptors (Lipinski definition) is 8. The molecule has 3 aromatic carbocycles. The second-order valence-corrected chi connectivity index (χ2v) is 13.2. The molecular weight excluding hydrogens is 627 g/mol. The zero-order valence-corrected chi connectivity index (χ0v) is 28.2. The van der Waals surface area contributed by atoms with Crippen molar-refractivity contribution < 1.29 is 9.59 Å². The van der Waals surface area contributed by atoms with Gasteiger partial charge in [-0.3, -0.25) is 9.59 Å². The van der Waals surface area contributed by atoms with Crippen LogP contribution in [-0.4, -0.2) is 56.5 Å². The molecule has 1 atom stereocenters. The third kappa shape index (κ3) is 7.53. The lowest BCUT2D eigenvalue weighted by Gasteiger charge is -2.30. The van der Waals surface area contributed by atoms with Crippen molar-refractivity contribution in [1.29, 1.82) is 0 Å². The zero-order valence-electron chi connectivity index (χ0n) is 26.6. The number of anilines is 2. The largest absolute Gasteiger partial charge is 0.378 e. The summed E-state index contributed by atoms with van der Waals surface area (Å²) in [5, 5.41) is 7.18. The number of nitrogens with zero attached hydrogens (tertiary/aromatic N) is 5. The molecule has 9 nitrogen and oxygen atoms in total. The lowest BCUT2D eigenvalue weighted by Crippen LogP contribution is -2.41. The summed E-state index contributed by atoms with van der Waals surface area (Å²) in [5.41, 5.74) is 6.69. The maximum absolute atomic E-state index is 14.4. The number of hydrogen-bond donors (Lipinski definition) is 2. The summed E-state index contributed by atoms with van der Waals surface area (Å²) in [6.45, 7) is 3.95. The predicted octanol–water partition coefficient (Wildman–Crippen LogP) is 7.27. The van der Waals surface area contributed by atoms with Crippen LogP contribution in [0, 0.1) is 13.8 Å². The predicted molar refractivity (Wildman–Crippen MR) is 191 cm³/mol. The number of benzene rings is 3. The molecule has 0 aliphatic rings. The van der Waals surface area contributed by atoms with Gasteiger partial charge in [-0.05, 0) is 50.2 Å². The molecule has 1 unspecified atom stereocenters. The Hall–Kier alpha value is -5.00. The van der Waals surface area contributed by atoms with Gasteiger partial charge in [0.2, 0.25) is 5.91 Å². The normalized spacial score (nSPS) is 11.7. The highest BCUT2D eigenvalue weighted by atomic mass is 32.2. The minimum Gasteiger partial charge on any atom is -0.378 e. The van der Waals surface area contributed by atoms with Crippen LogP contribution in [0.5, 0.6) is 0 Å². The van der Waals surface area contributed by atoms with E-state index in [9.17, 15) is 9.59 Å². The molecule has 3 heterocycles. The Kier molecular flexibility index (Phi) is 9.65. The molecule has 0 fully saturated rings. The SMILES string of the molecule is Cc1cc(C)nc(SCC(=O)N(Cc2nc(-c3ccccc3)cs2)C(C(=O)Nc2ccc(N(C)C)cc2)c2c[nH]c3ccccc23)n1.